The largest absolute Gasteiger partial charge is 0.327 e. The SMILES string of the molecule is CCC1CCC(N(C)C[C@@H](N)CCSC)CC1. The van der Waals surface area contributed by atoms with E-state index in [2.05, 4.69) is 25.1 Å². The maximum Gasteiger partial charge on any atom is 0.0175 e. The topological polar surface area (TPSA) is 29.3 Å². The lowest BCUT2D eigenvalue weighted by atomic mass is 9.84. The second kappa shape index (κ2) is 8.39. The molecule has 0 aromatic carbocycles. The lowest BCUT2D eigenvalue weighted by Gasteiger charge is -2.35. The van der Waals surface area contributed by atoms with E-state index in [0.29, 0.717) is 6.04 Å². The highest BCUT2D eigenvalue weighted by molar-refractivity contribution is 7.98. The first-order valence-corrected chi connectivity index (χ1v) is 8.51. The van der Waals surface area contributed by atoms with Crippen LogP contribution in [0, 0.1) is 5.92 Å². The summed E-state index contributed by atoms with van der Waals surface area (Å²) in [5.74, 6) is 2.18. The molecule has 1 rings (SSSR count). The van der Waals surface area contributed by atoms with E-state index in [9.17, 15) is 0 Å². The molecule has 0 aromatic heterocycles. The van der Waals surface area contributed by atoms with Crippen LogP contribution in [0.2, 0.25) is 0 Å². The van der Waals surface area contributed by atoms with Crippen molar-refractivity contribution in [3.05, 3.63) is 0 Å². The van der Waals surface area contributed by atoms with Crippen LogP contribution in [0.5, 0.6) is 0 Å². The van der Waals surface area contributed by atoms with Crippen LogP contribution >= 0.6 is 11.8 Å². The molecule has 0 amide bonds. The highest BCUT2D eigenvalue weighted by Gasteiger charge is 2.23. The van der Waals surface area contributed by atoms with Crippen LogP contribution in [-0.4, -0.2) is 42.6 Å². The van der Waals surface area contributed by atoms with Gasteiger partial charge in [-0.1, -0.05) is 13.3 Å². The van der Waals surface area contributed by atoms with Gasteiger partial charge in [0.2, 0.25) is 0 Å². The number of likely N-dealkylation sites (N-methyl/N-ethyl adjacent to an activating group) is 1. The normalized spacial score (nSPS) is 27.4. The average molecular weight is 258 g/mol. The van der Waals surface area contributed by atoms with E-state index in [4.69, 9.17) is 5.73 Å². The van der Waals surface area contributed by atoms with E-state index < -0.39 is 0 Å². The standard InChI is InChI=1S/C14H30N2S/c1-4-12-5-7-14(8-6-12)16(2)11-13(15)9-10-17-3/h12-14H,4-11,15H2,1-3H3/t12?,13-,14?/m0/s1. The zero-order valence-corrected chi connectivity index (χ0v) is 12.6. The van der Waals surface area contributed by atoms with Crippen molar-refractivity contribution in [2.45, 2.75) is 57.5 Å². The van der Waals surface area contributed by atoms with E-state index in [-0.39, 0.29) is 0 Å². The molecule has 2 nitrogen and oxygen atoms in total. The summed E-state index contributed by atoms with van der Waals surface area (Å²) in [6, 6.07) is 1.15. The van der Waals surface area contributed by atoms with E-state index >= 15 is 0 Å². The highest BCUT2D eigenvalue weighted by Crippen LogP contribution is 2.28. The molecule has 17 heavy (non-hydrogen) atoms. The van der Waals surface area contributed by atoms with Gasteiger partial charge in [-0.25, -0.2) is 0 Å². The third-order valence-electron chi connectivity index (χ3n) is 4.23. The van der Waals surface area contributed by atoms with Crippen molar-refractivity contribution in [1.82, 2.24) is 4.90 Å². The summed E-state index contributed by atoms with van der Waals surface area (Å²) in [4.78, 5) is 2.51. The van der Waals surface area contributed by atoms with Gasteiger partial charge < -0.3 is 10.6 Å². The Kier molecular flexibility index (Phi) is 7.56. The molecule has 0 heterocycles. The van der Waals surface area contributed by atoms with Gasteiger partial charge in [-0.2, -0.15) is 11.8 Å². The summed E-state index contributed by atoms with van der Waals surface area (Å²) in [5, 5.41) is 0. The number of rotatable bonds is 7. The number of hydrogen-bond donors (Lipinski definition) is 1. The lowest BCUT2D eigenvalue weighted by Crippen LogP contribution is -2.42. The number of thioether (sulfide) groups is 1. The van der Waals surface area contributed by atoms with Gasteiger partial charge in [0, 0.05) is 18.6 Å². The Labute approximate surface area is 112 Å². The minimum absolute atomic E-state index is 0.358. The summed E-state index contributed by atoms with van der Waals surface area (Å²) in [5.41, 5.74) is 6.17. The van der Waals surface area contributed by atoms with Gasteiger partial charge in [-0.15, -0.1) is 0 Å². The van der Waals surface area contributed by atoms with Crippen LogP contribution in [0.4, 0.5) is 0 Å². The lowest BCUT2D eigenvalue weighted by molar-refractivity contribution is 0.156. The van der Waals surface area contributed by atoms with Crippen LogP contribution in [0.3, 0.4) is 0 Å². The van der Waals surface area contributed by atoms with Gasteiger partial charge in [0.05, 0.1) is 0 Å². The molecule has 3 heteroatoms. The van der Waals surface area contributed by atoms with Crippen LogP contribution in [0.25, 0.3) is 0 Å². The van der Waals surface area contributed by atoms with E-state index in [1.165, 1.54) is 37.9 Å². The molecule has 1 saturated carbocycles. The average Bonchev–Trinajstić information content (AvgIpc) is 2.36. The van der Waals surface area contributed by atoms with E-state index in [0.717, 1.165) is 24.9 Å². The van der Waals surface area contributed by atoms with Gasteiger partial charge in [0.1, 0.15) is 0 Å². The van der Waals surface area contributed by atoms with Crippen molar-refractivity contribution in [3.63, 3.8) is 0 Å². The Hall–Kier alpha value is 0.270. The summed E-state index contributed by atoms with van der Waals surface area (Å²) >= 11 is 1.90. The molecule has 102 valence electrons. The Morgan fingerprint density at radius 3 is 2.47 bits per heavy atom. The maximum atomic E-state index is 6.17. The number of nitrogens with zero attached hydrogens (tertiary/aromatic N) is 1. The van der Waals surface area contributed by atoms with Crippen molar-refractivity contribution < 1.29 is 0 Å². The second-order valence-electron chi connectivity index (χ2n) is 5.56. The van der Waals surface area contributed by atoms with E-state index in [1.807, 2.05) is 11.8 Å². The van der Waals surface area contributed by atoms with Crippen LogP contribution in [0.15, 0.2) is 0 Å². The van der Waals surface area contributed by atoms with Crippen molar-refractivity contribution >= 4 is 11.8 Å². The van der Waals surface area contributed by atoms with Crippen molar-refractivity contribution in [2.24, 2.45) is 11.7 Å². The van der Waals surface area contributed by atoms with Crippen molar-refractivity contribution in [3.8, 4) is 0 Å². The first-order valence-electron chi connectivity index (χ1n) is 7.12. The predicted molar refractivity (Wildman–Crippen MR) is 79.6 cm³/mol. The van der Waals surface area contributed by atoms with Gasteiger partial charge in [-0.05, 0) is 57.1 Å². The monoisotopic (exact) mass is 258 g/mol. The zero-order chi connectivity index (χ0) is 12.7. The fraction of sp³-hybridized carbons (Fsp3) is 1.00. The van der Waals surface area contributed by atoms with Gasteiger partial charge in [-0.3, -0.25) is 0 Å². The Bertz CT molecular complexity index is 191. The minimum Gasteiger partial charge on any atom is -0.327 e. The summed E-state index contributed by atoms with van der Waals surface area (Å²) in [6.07, 6.45) is 10.3. The molecule has 0 unspecified atom stereocenters. The summed E-state index contributed by atoms with van der Waals surface area (Å²) in [7, 11) is 2.26. The molecular weight excluding hydrogens is 228 g/mol. The molecule has 1 aliphatic carbocycles. The fourth-order valence-corrected chi connectivity index (χ4v) is 3.41. The number of hydrogen-bond acceptors (Lipinski definition) is 3. The molecule has 2 N–H and O–H groups in total. The van der Waals surface area contributed by atoms with Gasteiger partial charge in [0.25, 0.3) is 0 Å². The van der Waals surface area contributed by atoms with Crippen molar-refractivity contribution in [2.75, 3.05) is 25.6 Å². The van der Waals surface area contributed by atoms with Crippen molar-refractivity contribution in [1.29, 1.82) is 0 Å². The molecule has 0 saturated heterocycles. The molecule has 1 fully saturated rings. The first-order chi connectivity index (χ1) is 8.17. The smallest absolute Gasteiger partial charge is 0.0175 e. The summed E-state index contributed by atoms with van der Waals surface area (Å²) in [6.45, 7) is 3.40. The predicted octanol–water partition coefficient (Wildman–Crippen LogP) is 2.97. The molecule has 0 bridgehead atoms. The van der Waals surface area contributed by atoms with Crippen LogP contribution in [-0.2, 0) is 0 Å². The maximum absolute atomic E-state index is 6.17. The van der Waals surface area contributed by atoms with Crippen LogP contribution in [0.1, 0.15) is 45.4 Å². The molecule has 1 aliphatic rings. The second-order valence-corrected chi connectivity index (χ2v) is 6.55. The fourth-order valence-electron chi connectivity index (χ4n) is 2.87. The quantitative estimate of drug-likeness (QED) is 0.761. The molecule has 0 radical (unpaired) electrons. The minimum atomic E-state index is 0.358. The Morgan fingerprint density at radius 2 is 1.94 bits per heavy atom. The third-order valence-corrected chi connectivity index (χ3v) is 4.88. The highest BCUT2D eigenvalue weighted by atomic mass is 32.2. The zero-order valence-electron chi connectivity index (χ0n) is 11.8. The molecule has 1 atom stereocenters. The first kappa shape index (κ1) is 15.3. The Morgan fingerprint density at radius 1 is 1.29 bits per heavy atom. The molecule has 0 spiro atoms. The van der Waals surface area contributed by atoms with E-state index in [1.54, 1.807) is 0 Å². The molecular formula is C14H30N2S. The van der Waals surface area contributed by atoms with Gasteiger partial charge >= 0.3 is 0 Å². The molecule has 0 aromatic rings. The summed E-state index contributed by atoms with van der Waals surface area (Å²) < 4.78 is 0. The van der Waals surface area contributed by atoms with Crippen LogP contribution < -0.4 is 5.73 Å². The Balaban J connectivity index is 2.21. The number of nitrogens with two attached hydrogens (primary N) is 1. The molecule has 0 aliphatic heterocycles. The third kappa shape index (κ3) is 5.62. The van der Waals surface area contributed by atoms with Gasteiger partial charge in [0.15, 0.2) is 0 Å².